The van der Waals surface area contributed by atoms with Crippen molar-refractivity contribution >= 4 is 0 Å². The fourth-order valence-electron chi connectivity index (χ4n) is 0.349. The number of nitrogens with two attached hydrogens (primary N) is 1. The summed E-state index contributed by atoms with van der Waals surface area (Å²) < 4.78 is 49.7. The second-order valence-electron chi connectivity index (χ2n) is 1.38. The van der Waals surface area contributed by atoms with E-state index in [-0.39, 0.29) is 0 Å². The molecule has 0 radical (unpaired) electrons. The highest BCUT2D eigenvalue weighted by molar-refractivity contribution is 5.02. The zero-order valence-electron chi connectivity index (χ0n) is 5.00. The maximum atomic E-state index is 11.7. The normalized spacial score (nSPS) is 14.5. The Morgan fingerprint density at radius 3 is 1.80 bits per heavy atom. The van der Waals surface area contributed by atoms with Crippen molar-refractivity contribution in [1.29, 1.82) is 0 Å². The zero-order valence-corrected chi connectivity index (χ0v) is 5.00. The molecule has 6 heteroatoms. The Bertz CT molecular complexity index is 146. The standard InChI is InChI=1S/C4H5F4NO/c1-10-2(3(5)9)4(6,7)8/h9H2,1H3/b3-2+. The first-order valence-corrected chi connectivity index (χ1v) is 2.16. The van der Waals surface area contributed by atoms with Crippen molar-refractivity contribution in [3.8, 4) is 0 Å². The highest BCUT2D eigenvalue weighted by Crippen LogP contribution is 2.27. The Morgan fingerprint density at radius 1 is 1.40 bits per heavy atom. The van der Waals surface area contributed by atoms with Crippen molar-refractivity contribution in [2.45, 2.75) is 6.18 Å². The van der Waals surface area contributed by atoms with Gasteiger partial charge in [0.1, 0.15) is 0 Å². The van der Waals surface area contributed by atoms with Gasteiger partial charge in [-0.2, -0.15) is 17.6 Å². The van der Waals surface area contributed by atoms with E-state index in [4.69, 9.17) is 0 Å². The predicted molar refractivity (Wildman–Crippen MR) is 25.4 cm³/mol. The summed E-state index contributed by atoms with van der Waals surface area (Å²) in [5.41, 5.74) is 4.20. The van der Waals surface area contributed by atoms with Crippen LogP contribution in [0.25, 0.3) is 0 Å². The van der Waals surface area contributed by atoms with Gasteiger partial charge in [-0.05, 0) is 0 Å². The first-order valence-electron chi connectivity index (χ1n) is 2.16. The fourth-order valence-corrected chi connectivity index (χ4v) is 0.349. The van der Waals surface area contributed by atoms with Crippen LogP contribution in [0.1, 0.15) is 0 Å². The highest BCUT2D eigenvalue weighted by Gasteiger charge is 2.38. The van der Waals surface area contributed by atoms with Crippen molar-refractivity contribution in [2.75, 3.05) is 7.11 Å². The summed E-state index contributed by atoms with van der Waals surface area (Å²) >= 11 is 0. The molecule has 0 aliphatic rings. The van der Waals surface area contributed by atoms with Gasteiger partial charge < -0.3 is 10.5 Å². The minimum atomic E-state index is -4.85. The largest absolute Gasteiger partial charge is 0.489 e. The third-order valence-electron chi connectivity index (χ3n) is 0.679. The van der Waals surface area contributed by atoms with Crippen molar-refractivity contribution in [1.82, 2.24) is 0 Å². The second kappa shape index (κ2) is 2.76. The lowest BCUT2D eigenvalue weighted by molar-refractivity contribution is -0.128. The molecule has 0 unspecified atom stereocenters. The molecule has 0 aromatic carbocycles. The van der Waals surface area contributed by atoms with Gasteiger partial charge in [0.25, 0.3) is 5.76 Å². The van der Waals surface area contributed by atoms with E-state index in [2.05, 4.69) is 10.5 Å². The molecule has 0 spiro atoms. The topological polar surface area (TPSA) is 35.2 Å². The lowest BCUT2D eigenvalue weighted by Gasteiger charge is -2.08. The molecule has 2 nitrogen and oxygen atoms in total. The molecule has 0 bridgehead atoms. The molecule has 0 saturated carbocycles. The maximum Gasteiger partial charge on any atom is 0.453 e. The molecule has 2 N–H and O–H groups in total. The van der Waals surface area contributed by atoms with Gasteiger partial charge in [-0.25, -0.2) is 0 Å². The maximum absolute atomic E-state index is 11.7. The first kappa shape index (κ1) is 9.06. The van der Waals surface area contributed by atoms with E-state index >= 15 is 0 Å². The summed E-state index contributed by atoms with van der Waals surface area (Å²) in [4.78, 5) is 0. The average Bonchev–Trinajstić information content (AvgIpc) is 1.60. The van der Waals surface area contributed by atoms with Gasteiger partial charge in [-0.3, -0.25) is 0 Å². The fraction of sp³-hybridized carbons (Fsp3) is 0.500. The number of ether oxygens (including phenoxy) is 1. The van der Waals surface area contributed by atoms with Crippen LogP contribution in [-0.4, -0.2) is 13.3 Å². The van der Waals surface area contributed by atoms with Gasteiger partial charge >= 0.3 is 6.18 Å². The molecule has 0 amide bonds. The monoisotopic (exact) mass is 159 g/mol. The van der Waals surface area contributed by atoms with Crippen LogP contribution in [0.2, 0.25) is 0 Å². The number of rotatable bonds is 1. The summed E-state index contributed by atoms with van der Waals surface area (Å²) in [5, 5.41) is 0. The lowest BCUT2D eigenvalue weighted by atomic mass is 10.5. The molecular formula is C4H5F4NO. The first-order chi connectivity index (χ1) is 4.39. The summed E-state index contributed by atoms with van der Waals surface area (Å²) in [6, 6.07) is 0. The number of hydrogen-bond acceptors (Lipinski definition) is 2. The molecule has 0 aromatic rings. The van der Waals surface area contributed by atoms with Gasteiger partial charge in [-0.1, -0.05) is 0 Å². The number of allylic oxidation sites excluding steroid dienone is 1. The minimum Gasteiger partial charge on any atom is -0.489 e. The predicted octanol–water partition coefficient (Wildman–Crippen LogP) is 1.29. The molecule has 0 saturated heterocycles. The van der Waals surface area contributed by atoms with Gasteiger partial charge in [0.15, 0.2) is 0 Å². The van der Waals surface area contributed by atoms with E-state index in [0.717, 1.165) is 0 Å². The van der Waals surface area contributed by atoms with Crippen molar-refractivity contribution in [3.05, 3.63) is 11.7 Å². The van der Waals surface area contributed by atoms with Crippen LogP contribution in [0, 0.1) is 0 Å². The molecule has 0 aliphatic heterocycles. The number of hydrogen-bond donors (Lipinski definition) is 1. The minimum absolute atomic E-state index is 0.690. The second-order valence-corrected chi connectivity index (χ2v) is 1.38. The van der Waals surface area contributed by atoms with E-state index < -0.39 is 17.9 Å². The van der Waals surface area contributed by atoms with Crippen LogP contribution in [0.4, 0.5) is 17.6 Å². The van der Waals surface area contributed by atoms with Crippen LogP contribution in [0.5, 0.6) is 0 Å². The van der Waals surface area contributed by atoms with Crippen LogP contribution < -0.4 is 5.73 Å². The Hall–Kier alpha value is -0.940. The van der Waals surface area contributed by atoms with Crippen molar-refractivity contribution < 1.29 is 22.3 Å². The summed E-state index contributed by atoms with van der Waals surface area (Å²) in [6.07, 6.45) is -4.85. The summed E-state index contributed by atoms with van der Waals surface area (Å²) in [7, 11) is 0.690. The van der Waals surface area contributed by atoms with Crippen molar-refractivity contribution in [3.63, 3.8) is 0 Å². The molecular weight excluding hydrogens is 154 g/mol. The van der Waals surface area contributed by atoms with Gasteiger partial charge in [-0.15, -0.1) is 0 Å². The van der Waals surface area contributed by atoms with E-state index in [9.17, 15) is 17.6 Å². The van der Waals surface area contributed by atoms with Gasteiger partial charge in [0.05, 0.1) is 7.11 Å². The molecule has 0 atom stereocenters. The molecule has 0 aromatic heterocycles. The van der Waals surface area contributed by atoms with E-state index in [1.54, 1.807) is 0 Å². The number of alkyl halides is 3. The molecule has 0 aliphatic carbocycles. The Labute approximate surface area is 54.3 Å². The molecule has 0 rings (SSSR count). The quantitative estimate of drug-likeness (QED) is 0.355. The average molecular weight is 159 g/mol. The highest BCUT2D eigenvalue weighted by atomic mass is 19.4. The van der Waals surface area contributed by atoms with Crippen LogP contribution in [0.3, 0.4) is 0 Å². The van der Waals surface area contributed by atoms with Crippen LogP contribution in [0.15, 0.2) is 11.7 Å². The SMILES string of the molecule is CO/C(=C(/N)F)C(F)(F)F. The number of halogens is 4. The smallest absolute Gasteiger partial charge is 0.453 e. The third-order valence-corrected chi connectivity index (χ3v) is 0.679. The Balaban J connectivity index is 4.55. The lowest BCUT2D eigenvalue weighted by Crippen LogP contribution is -2.17. The molecule has 0 fully saturated rings. The van der Waals surface area contributed by atoms with Gasteiger partial charge in [0, 0.05) is 0 Å². The van der Waals surface area contributed by atoms with Crippen molar-refractivity contribution in [2.24, 2.45) is 5.73 Å². The summed E-state index contributed by atoms with van der Waals surface area (Å²) in [6.45, 7) is 0. The Morgan fingerprint density at radius 2 is 1.80 bits per heavy atom. The van der Waals surface area contributed by atoms with Crippen LogP contribution in [-0.2, 0) is 4.74 Å². The molecule has 60 valence electrons. The molecule has 10 heavy (non-hydrogen) atoms. The number of methoxy groups -OCH3 is 1. The van der Waals surface area contributed by atoms with Crippen LogP contribution >= 0.6 is 0 Å². The van der Waals surface area contributed by atoms with E-state index in [0.29, 0.717) is 7.11 Å². The Kier molecular flexibility index (Phi) is 2.50. The zero-order chi connectivity index (χ0) is 8.36. The third kappa shape index (κ3) is 2.12. The molecule has 0 heterocycles. The van der Waals surface area contributed by atoms with E-state index in [1.165, 1.54) is 0 Å². The van der Waals surface area contributed by atoms with E-state index in [1.807, 2.05) is 0 Å². The van der Waals surface area contributed by atoms with Gasteiger partial charge in [0.2, 0.25) is 5.95 Å². The summed E-state index contributed by atoms with van der Waals surface area (Å²) in [5.74, 6) is -3.66.